The normalized spacial score (nSPS) is 11.5. The fraction of sp³-hybridized carbons (Fsp3) is 0.357. The molecule has 0 spiro atoms. The second kappa shape index (κ2) is 6.40. The number of halogens is 3. The molecule has 1 aromatic heterocycles. The maximum atomic E-state index is 12.9. The van der Waals surface area contributed by atoms with Crippen LogP contribution >= 0.6 is 11.8 Å². The van der Waals surface area contributed by atoms with E-state index in [-0.39, 0.29) is 5.56 Å². The van der Waals surface area contributed by atoms with Gasteiger partial charge in [0.2, 0.25) is 0 Å². The predicted octanol–water partition coefficient (Wildman–Crippen LogP) is 3.56. The van der Waals surface area contributed by atoms with E-state index in [0.717, 1.165) is 18.3 Å². The van der Waals surface area contributed by atoms with Crippen molar-refractivity contribution in [3.8, 4) is 6.07 Å². The van der Waals surface area contributed by atoms with E-state index in [9.17, 15) is 13.2 Å². The molecule has 2 aromatic rings. The highest BCUT2D eigenvalue weighted by atomic mass is 32.2. The first-order valence-electron chi connectivity index (χ1n) is 6.48. The summed E-state index contributed by atoms with van der Waals surface area (Å²) in [6.07, 6.45) is -3.80. The molecule has 1 heterocycles. The van der Waals surface area contributed by atoms with E-state index in [4.69, 9.17) is 5.26 Å². The summed E-state index contributed by atoms with van der Waals surface area (Å²) in [4.78, 5) is 0.437. The summed E-state index contributed by atoms with van der Waals surface area (Å²) in [5, 5.41) is 16.8. The molecule has 0 N–H and O–H groups in total. The quantitative estimate of drug-likeness (QED) is 0.806. The van der Waals surface area contributed by atoms with Crippen molar-refractivity contribution in [1.29, 1.82) is 5.26 Å². The number of nitrogens with zero attached hydrogens (tertiary/aromatic N) is 4. The lowest BCUT2D eigenvalue weighted by molar-refractivity contribution is -0.137. The standard InChI is InChI=1S/C14H13F3N4S/c1-3-12-19-20-13(21(12)2)8-22-10-5-4-9(7-18)11(6-10)14(15,16)17/h4-6H,3,8H2,1-2H3. The number of aromatic nitrogens is 3. The molecular formula is C14H13F3N4S. The summed E-state index contributed by atoms with van der Waals surface area (Å²) in [6.45, 7) is 1.96. The van der Waals surface area contributed by atoms with E-state index in [1.165, 1.54) is 23.9 Å². The summed E-state index contributed by atoms with van der Waals surface area (Å²) in [5.74, 6) is 1.93. The van der Waals surface area contributed by atoms with Gasteiger partial charge < -0.3 is 4.57 Å². The fourth-order valence-corrected chi connectivity index (χ4v) is 2.84. The first-order chi connectivity index (χ1) is 10.4. The van der Waals surface area contributed by atoms with Crippen molar-refractivity contribution in [3.05, 3.63) is 41.0 Å². The zero-order valence-corrected chi connectivity index (χ0v) is 12.8. The van der Waals surface area contributed by atoms with Gasteiger partial charge in [0.05, 0.1) is 22.9 Å². The second-order valence-corrected chi connectivity index (χ2v) is 5.60. The molecule has 0 bridgehead atoms. The van der Waals surface area contributed by atoms with Gasteiger partial charge >= 0.3 is 6.18 Å². The summed E-state index contributed by atoms with van der Waals surface area (Å²) >= 11 is 1.23. The van der Waals surface area contributed by atoms with Crippen LogP contribution in [0.1, 0.15) is 29.7 Å². The lowest BCUT2D eigenvalue weighted by Crippen LogP contribution is -2.08. The number of rotatable bonds is 4. The van der Waals surface area contributed by atoms with Crippen LogP contribution in [-0.4, -0.2) is 14.8 Å². The molecule has 0 amide bonds. The molecule has 0 saturated heterocycles. The minimum atomic E-state index is -4.54. The van der Waals surface area contributed by atoms with Crippen LogP contribution in [0.3, 0.4) is 0 Å². The molecular weight excluding hydrogens is 313 g/mol. The highest BCUT2D eigenvalue weighted by Crippen LogP contribution is 2.35. The molecule has 116 valence electrons. The van der Waals surface area contributed by atoms with E-state index in [0.29, 0.717) is 16.5 Å². The van der Waals surface area contributed by atoms with Crippen LogP contribution in [0.5, 0.6) is 0 Å². The lowest BCUT2D eigenvalue weighted by Gasteiger charge is -2.10. The Morgan fingerprint density at radius 2 is 1.95 bits per heavy atom. The van der Waals surface area contributed by atoms with Crippen molar-refractivity contribution in [2.75, 3.05) is 0 Å². The van der Waals surface area contributed by atoms with Gasteiger partial charge in [-0.2, -0.15) is 18.4 Å². The summed E-state index contributed by atoms with van der Waals surface area (Å²) in [6, 6.07) is 5.27. The van der Waals surface area contributed by atoms with Crippen molar-refractivity contribution >= 4 is 11.8 Å². The van der Waals surface area contributed by atoms with Crippen molar-refractivity contribution in [3.63, 3.8) is 0 Å². The van der Waals surface area contributed by atoms with Crippen LogP contribution in [0.15, 0.2) is 23.1 Å². The van der Waals surface area contributed by atoms with Crippen LogP contribution < -0.4 is 0 Å². The van der Waals surface area contributed by atoms with Gasteiger partial charge in [-0.15, -0.1) is 22.0 Å². The average molecular weight is 326 g/mol. The van der Waals surface area contributed by atoms with Crippen molar-refractivity contribution in [2.45, 2.75) is 30.2 Å². The maximum Gasteiger partial charge on any atom is 0.417 e. The molecule has 0 saturated carbocycles. The van der Waals surface area contributed by atoms with E-state index in [1.54, 1.807) is 6.07 Å². The predicted molar refractivity (Wildman–Crippen MR) is 76.1 cm³/mol. The monoisotopic (exact) mass is 326 g/mol. The molecule has 0 aliphatic heterocycles. The number of benzene rings is 1. The van der Waals surface area contributed by atoms with E-state index in [2.05, 4.69) is 10.2 Å². The Labute approximate surface area is 130 Å². The van der Waals surface area contributed by atoms with Gasteiger partial charge in [0.1, 0.15) is 11.6 Å². The zero-order chi connectivity index (χ0) is 16.3. The summed E-state index contributed by atoms with van der Waals surface area (Å²) in [5.41, 5.74) is -1.28. The molecule has 8 heteroatoms. The van der Waals surface area contributed by atoms with Crippen LogP contribution in [-0.2, 0) is 25.4 Å². The van der Waals surface area contributed by atoms with Gasteiger partial charge in [-0.25, -0.2) is 0 Å². The van der Waals surface area contributed by atoms with E-state index in [1.807, 2.05) is 18.5 Å². The number of nitriles is 1. The number of aryl methyl sites for hydroxylation is 1. The Morgan fingerprint density at radius 1 is 1.27 bits per heavy atom. The van der Waals surface area contributed by atoms with Gasteiger partial charge in [-0.3, -0.25) is 0 Å². The average Bonchev–Trinajstić information content (AvgIpc) is 2.84. The molecule has 0 fully saturated rings. The van der Waals surface area contributed by atoms with Crippen LogP contribution in [0.25, 0.3) is 0 Å². The lowest BCUT2D eigenvalue weighted by atomic mass is 10.1. The summed E-state index contributed by atoms with van der Waals surface area (Å²) < 4.78 is 40.5. The minimum Gasteiger partial charge on any atom is -0.317 e. The van der Waals surface area contributed by atoms with Gasteiger partial charge in [0.25, 0.3) is 0 Å². The van der Waals surface area contributed by atoms with Gasteiger partial charge in [-0.05, 0) is 18.2 Å². The number of hydrogen-bond acceptors (Lipinski definition) is 4. The largest absolute Gasteiger partial charge is 0.417 e. The smallest absolute Gasteiger partial charge is 0.317 e. The summed E-state index contributed by atoms with van der Waals surface area (Å²) in [7, 11) is 1.83. The molecule has 2 rings (SSSR count). The number of hydrogen-bond donors (Lipinski definition) is 0. The molecule has 0 aliphatic rings. The minimum absolute atomic E-state index is 0.372. The molecule has 4 nitrogen and oxygen atoms in total. The highest BCUT2D eigenvalue weighted by molar-refractivity contribution is 7.98. The molecule has 22 heavy (non-hydrogen) atoms. The van der Waals surface area contributed by atoms with Crippen molar-refractivity contribution in [2.24, 2.45) is 7.05 Å². The third-order valence-corrected chi connectivity index (χ3v) is 4.15. The number of thioether (sulfide) groups is 1. The maximum absolute atomic E-state index is 12.9. The number of alkyl halides is 3. The van der Waals surface area contributed by atoms with Gasteiger partial charge in [0.15, 0.2) is 0 Å². The van der Waals surface area contributed by atoms with Crippen LogP contribution in [0.2, 0.25) is 0 Å². The Morgan fingerprint density at radius 3 is 2.50 bits per heavy atom. The molecule has 0 atom stereocenters. The fourth-order valence-electron chi connectivity index (χ4n) is 1.93. The van der Waals surface area contributed by atoms with Crippen LogP contribution in [0, 0.1) is 11.3 Å². The van der Waals surface area contributed by atoms with Crippen molar-refractivity contribution < 1.29 is 13.2 Å². The third-order valence-electron chi connectivity index (χ3n) is 3.16. The second-order valence-electron chi connectivity index (χ2n) is 4.55. The molecule has 0 radical (unpaired) electrons. The topological polar surface area (TPSA) is 54.5 Å². The molecule has 1 aromatic carbocycles. The SMILES string of the molecule is CCc1nnc(CSc2ccc(C#N)c(C(F)(F)F)c2)n1C. The first kappa shape index (κ1) is 16.4. The van der Waals surface area contributed by atoms with Gasteiger partial charge in [0, 0.05) is 18.4 Å². The third kappa shape index (κ3) is 3.42. The first-order valence-corrected chi connectivity index (χ1v) is 7.46. The van der Waals surface area contributed by atoms with E-state index < -0.39 is 11.7 Å². The van der Waals surface area contributed by atoms with Gasteiger partial charge in [-0.1, -0.05) is 6.92 Å². The Balaban J connectivity index is 2.20. The Bertz CT molecular complexity index is 716. The molecule has 0 unspecified atom stereocenters. The van der Waals surface area contributed by atoms with Crippen molar-refractivity contribution in [1.82, 2.24) is 14.8 Å². The van der Waals surface area contributed by atoms with E-state index >= 15 is 0 Å². The molecule has 0 aliphatic carbocycles. The van der Waals surface area contributed by atoms with Crippen LogP contribution in [0.4, 0.5) is 13.2 Å². The Hall–Kier alpha value is -2.01. The Kier molecular flexibility index (Phi) is 4.76. The zero-order valence-electron chi connectivity index (χ0n) is 12.0. The highest BCUT2D eigenvalue weighted by Gasteiger charge is 2.33.